The van der Waals surface area contributed by atoms with Gasteiger partial charge in [-0.2, -0.15) is 4.98 Å². The first-order valence-corrected chi connectivity index (χ1v) is 6.93. The average Bonchev–Trinajstić information content (AvgIpc) is 2.81. The molecule has 2 aromatic heterocycles. The Bertz CT molecular complexity index is 649. The van der Waals surface area contributed by atoms with Crippen molar-refractivity contribution in [3.8, 4) is 11.9 Å². The van der Waals surface area contributed by atoms with Gasteiger partial charge in [0.2, 0.25) is 5.88 Å². The van der Waals surface area contributed by atoms with Crippen molar-refractivity contribution in [3.05, 3.63) is 23.2 Å². The molecule has 0 atom stereocenters. The number of ether oxygens (including phenoxy) is 2. The molecule has 0 aromatic carbocycles. The Morgan fingerprint density at radius 1 is 1.27 bits per heavy atom. The summed E-state index contributed by atoms with van der Waals surface area (Å²) in [4.78, 5) is 20.5. The smallest absolute Gasteiger partial charge is 0.319 e. The molecule has 2 heterocycles. The van der Waals surface area contributed by atoms with E-state index in [9.17, 15) is 4.79 Å². The van der Waals surface area contributed by atoms with Crippen molar-refractivity contribution >= 4 is 11.6 Å². The molecule has 2 rings (SSSR count). The molecule has 118 valence electrons. The van der Waals surface area contributed by atoms with E-state index in [0.29, 0.717) is 35.9 Å². The van der Waals surface area contributed by atoms with Crippen LogP contribution in [0.5, 0.6) is 11.9 Å². The highest BCUT2D eigenvalue weighted by Crippen LogP contribution is 2.24. The van der Waals surface area contributed by atoms with Crippen LogP contribution in [0.4, 0.5) is 5.69 Å². The second-order valence-corrected chi connectivity index (χ2v) is 4.39. The number of amides is 1. The fourth-order valence-corrected chi connectivity index (χ4v) is 1.87. The van der Waals surface area contributed by atoms with Gasteiger partial charge in [0.15, 0.2) is 0 Å². The summed E-state index contributed by atoms with van der Waals surface area (Å²) in [5.74, 6) is 0.339. The van der Waals surface area contributed by atoms with E-state index in [2.05, 4.69) is 20.4 Å². The maximum atomic E-state index is 12.3. The molecule has 0 bridgehead atoms. The first kappa shape index (κ1) is 15.7. The third-order valence-electron chi connectivity index (χ3n) is 2.79. The number of rotatable bonds is 6. The van der Waals surface area contributed by atoms with Crippen molar-refractivity contribution in [1.82, 2.24) is 15.1 Å². The van der Waals surface area contributed by atoms with Gasteiger partial charge in [0.05, 0.1) is 25.1 Å². The number of nitrogens with one attached hydrogen (secondary N) is 1. The number of hydrogen-bond donors (Lipinski definition) is 1. The van der Waals surface area contributed by atoms with Crippen LogP contribution in [0.25, 0.3) is 0 Å². The molecule has 8 heteroatoms. The Morgan fingerprint density at radius 3 is 2.59 bits per heavy atom. The van der Waals surface area contributed by atoms with Crippen molar-refractivity contribution in [1.29, 1.82) is 0 Å². The zero-order valence-electron chi connectivity index (χ0n) is 13.0. The van der Waals surface area contributed by atoms with Gasteiger partial charge in [0.25, 0.3) is 5.91 Å². The minimum Gasteiger partial charge on any atom is -0.476 e. The van der Waals surface area contributed by atoms with Crippen LogP contribution in [0.3, 0.4) is 0 Å². The summed E-state index contributed by atoms with van der Waals surface area (Å²) in [5, 5.41) is 6.46. The number of carbonyl (C=O) groups is 1. The predicted molar refractivity (Wildman–Crippen MR) is 78.3 cm³/mol. The third-order valence-corrected chi connectivity index (χ3v) is 2.79. The predicted octanol–water partition coefficient (Wildman–Crippen LogP) is 2.13. The number of anilines is 1. The van der Waals surface area contributed by atoms with Gasteiger partial charge in [-0.25, -0.2) is 4.98 Å². The van der Waals surface area contributed by atoms with Crippen LogP contribution >= 0.6 is 0 Å². The highest BCUT2D eigenvalue weighted by atomic mass is 16.5. The summed E-state index contributed by atoms with van der Waals surface area (Å²) in [6, 6.07) is 0.196. The van der Waals surface area contributed by atoms with E-state index in [-0.39, 0.29) is 17.8 Å². The number of aromatic nitrogens is 3. The van der Waals surface area contributed by atoms with Crippen molar-refractivity contribution in [2.24, 2.45) is 0 Å². The van der Waals surface area contributed by atoms with Gasteiger partial charge >= 0.3 is 6.01 Å². The molecule has 2 aromatic rings. The second-order valence-electron chi connectivity index (χ2n) is 4.39. The maximum Gasteiger partial charge on any atom is 0.319 e. The summed E-state index contributed by atoms with van der Waals surface area (Å²) >= 11 is 0. The molecule has 0 fully saturated rings. The molecular weight excluding hydrogens is 288 g/mol. The standard InChI is InChI=1S/C14H18N4O4/c1-5-20-13-10(7-15-14(17-13)21-6-2)16-12(19)11-8(3)18-22-9(11)4/h7H,5-6H2,1-4H3,(H,16,19). The lowest BCUT2D eigenvalue weighted by atomic mass is 10.2. The molecule has 0 radical (unpaired) electrons. The monoisotopic (exact) mass is 306 g/mol. The zero-order valence-corrected chi connectivity index (χ0v) is 13.0. The third kappa shape index (κ3) is 3.33. The molecular formula is C14H18N4O4. The normalized spacial score (nSPS) is 10.4. The van der Waals surface area contributed by atoms with Crippen LogP contribution in [0.15, 0.2) is 10.7 Å². The van der Waals surface area contributed by atoms with E-state index in [0.717, 1.165) is 0 Å². The van der Waals surface area contributed by atoms with Crippen LogP contribution in [0.2, 0.25) is 0 Å². The number of nitrogens with zero attached hydrogens (tertiary/aromatic N) is 3. The Hall–Kier alpha value is -2.64. The van der Waals surface area contributed by atoms with Crippen LogP contribution in [0.1, 0.15) is 35.7 Å². The molecule has 0 saturated carbocycles. The van der Waals surface area contributed by atoms with Gasteiger partial charge in [-0.3, -0.25) is 4.79 Å². The molecule has 1 N–H and O–H groups in total. The Kier molecular flexibility index (Phi) is 4.92. The van der Waals surface area contributed by atoms with Crippen molar-refractivity contribution < 1.29 is 18.8 Å². The van der Waals surface area contributed by atoms with Crippen LogP contribution in [-0.2, 0) is 0 Å². The molecule has 0 unspecified atom stereocenters. The number of carbonyl (C=O) groups excluding carboxylic acids is 1. The van der Waals surface area contributed by atoms with Crippen LogP contribution < -0.4 is 14.8 Å². The first-order valence-electron chi connectivity index (χ1n) is 6.93. The minimum absolute atomic E-state index is 0.196. The largest absolute Gasteiger partial charge is 0.476 e. The molecule has 0 saturated heterocycles. The fourth-order valence-electron chi connectivity index (χ4n) is 1.87. The molecule has 8 nitrogen and oxygen atoms in total. The number of aryl methyl sites for hydroxylation is 2. The van der Waals surface area contributed by atoms with E-state index in [1.807, 2.05) is 13.8 Å². The lowest BCUT2D eigenvalue weighted by Crippen LogP contribution is -2.15. The lowest BCUT2D eigenvalue weighted by molar-refractivity contribution is 0.102. The van der Waals surface area contributed by atoms with E-state index >= 15 is 0 Å². The van der Waals surface area contributed by atoms with Gasteiger partial charge in [0, 0.05) is 0 Å². The molecule has 0 aliphatic rings. The summed E-state index contributed by atoms with van der Waals surface area (Å²) in [6.45, 7) is 7.86. The molecule has 0 aliphatic heterocycles. The molecule has 1 amide bonds. The minimum atomic E-state index is -0.357. The zero-order chi connectivity index (χ0) is 16.1. The summed E-state index contributed by atoms with van der Waals surface area (Å²) < 4.78 is 15.6. The van der Waals surface area contributed by atoms with E-state index in [1.165, 1.54) is 6.20 Å². The molecule has 0 spiro atoms. The summed E-state index contributed by atoms with van der Waals surface area (Å²) in [5.41, 5.74) is 1.26. The van der Waals surface area contributed by atoms with E-state index < -0.39 is 0 Å². The summed E-state index contributed by atoms with van der Waals surface area (Å²) in [7, 11) is 0. The topological polar surface area (TPSA) is 99.4 Å². The SMILES string of the molecule is CCOc1ncc(NC(=O)c2c(C)noc2C)c(OCC)n1. The van der Waals surface area contributed by atoms with Gasteiger partial charge in [-0.05, 0) is 27.7 Å². The first-order chi connectivity index (χ1) is 10.6. The Balaban J connectivity index is 2.26. The Morgan fingerprint density at radius 2 is 2.00 bits per heavy atom. The summed E-state index contributed by atoms with van der Waals surface area (Å²) in [6.07, 6.45) is 1.44. The van der Waals surface area contributed by atoms with E-state index in [4.69, 9.17) is 14.0 Å². The van der Waals surface area contributed by atoms with Crippen molar-refractivity contribution in [2.45, 2.75) is 27.7 Å². The van der Waals surface area contributed by atoms with E-state index in [1.54, 1.807) is 13.8 Å². The van der Waals surface area contributed by atoms with Gasteiger partial charge < -0.3 is 19.3 Å². The highest BCUT2D eigenvalue weighted by Gasteiger charge is 2.20. The molecule has 0 aliphatic carbocycles. The van der Waals surface area contributed by atoms with Gasteiger partial charge in [-0.1, -0.05) is 5.16 Å². The van der Waals surface area contributed by atoms with Crippen molar-refractivity contribution in [2.75, 3.05) is 18.5 Å². The van der Waals surface area contributed by atoms with Gasteiger partial charge in [0.1, 0.15) is 17.0 Å². The molecule has 22 heavy (non-hydrogen) atoms. The fraction of sp³-hybridized carbons (Fsp3) is 0.429. The van der Waals surface area contributed by atoms with Crippen LogP contribution in [0, 0.1) is 13.8 Å². The quantitative estimate of drug-likeness (QED) is 0.872. The second kappa shape index (κ2) is 6.88. The average molecular weight is 306 g/mol. The van der Waals surface area contributed by atoms with Crippen molar-refractivity contribution in [3.63, 3.8) is 0 Å². The highest BCUT2D eigenvalue weighted by molar-refractivity contribution is 6.06. The lowest BCUT2D eigenvalue weighted by Gasteiger charge is -2.11. The Labute approximate surface area is 127 Å². The number of hydrogen-bond acceptors (Lipinski definition) is 7. The van der Waals surface area contributed by atoms with Gasteiger partial charge in [-0.15, -0.1) is 0 Å². The van der Waals surface area contributed by atoms with Crippen LogP contribution in [-0.4, -0.2) is 34.2 Å². The maximum absolute atomic E-state index is 12.3.